The monoisotopic (exact) mass is 314 g/mol. The average molecular weight is 314 g/mol. The van der Waals surface area contributed by atoms with Crippen LogP contribution in [0.3, 0.4) is 0 Å². The fourth-order valence-corrected chi connectivity index (χ4v) is 2.33. The molecule has 1 rings (SSSR count). The summed E-state index contributed by atoms with van der Waals surface area (Å²) in [6, 6.07) is 0.128. The molecule has 0 aromatic heterocycles. The Bertz CT molecular complexity index is 496. The number of rotatable bonds is 7. The minimum absolute atomic E-state index is 0.107. The standard InChI is InChI=1S/C16H24F2N2O2/c1-6-20(14(21)11(2)17)16(3,4)10-9-13(18)15(22)19(5)12-7-8-12/h9,12H,2,6-8,10H2,1,3-5H3. The summed E-state index contributed by atoms with van der Waals surface area (Å²) >= 11 is 0. The van der Waals surface area contributed by atoms with Gasteiger partial charge in [0.05, 0.1) is 0 Å². The number of amides is 2. The van der Waals surface area contributed by atoms with E-state index in [4.69, 9.17) is 0 Å². The van der Waals surface area contributed by atoms with Gasteiger partial charge < -0.3 is 9.80 Å². The van der Waals surface area contributed by atoms with E-state index < -0.39 is 29.0 Å². The minimum atomic E-state index is -1.05. The molecule has 2 amide bonds. The summed E-state index contributed by atoms with van der Waals surface area (Å²) < 4.78 is 27.0. The molecule has 0 aromatic rings. The van der Waals surface area contributed by atoms with Crippen LogP contribution in [0.1, 0.15) is 40.0 Å². The van der Waals surface area contributed by atoms with Crippen LogP contribution >= 0.6 is 0 Å². The van der Waals surface area contributed by atoms with Crippen LogP contribution in [0.15, 0.2) is 24.3 Å². The fourth-order valence-electron chi connectivity index (χ4n) is 2.33. The third-order valence-electron chi connectivity index (χ3n) is 3.92. The van der Waals surface area contributed by atoms with Crippen molar-refractivity contribution in [1.29, 1.82) is 0 Å². The van der Waals surface area contributed by atoms with Crippen molar-refractivity contribution >= 4 is 11.8 Å². The van der Waals surface area contributed by atoms with E-state index in [0.717, 1.165) is 18.9 Å². The molecule has 124 valence electrons. The molecule has 22 heavy (non-hydrogen) atoms. The molecule has 1 aliphatic carbocycles. The van der Waals surface area contributed by atoms with Gasteiger partial charge in [-0.25, -0.2) is 8.78 Å². The Hall–Kier alpha value is -1.72. The molecule has 4 nitrogen and oxygen atoms in total. The van der Waals surface area contributed by atoms with E-state index >= 15 is 0 Å². The molecule has 0 aromatic carbocycles. The maximum Gasteiger partial charge on any atom is 0.282 e. The molecule has 1 aliphatic rings. The topological polar surface area (TPSA) is 40.6 Å². The lowest BCUT2D eigenvalue weighted by atomic mass is 9.97. The van der Waals surface area contributed by atoms with Crippen LogP contribution in [-0.4, -0.2) is 46.8 Å². The van der Waals surface area contributed by atoms with Crippen molar-refractivity contribution in [3.63, 3.8) is 0 Å². The van der Waals surface area contributed by atoms with Crippen molar-refractivity contribution < 1.29 is 18.4 Å². The Kier molecular flexibility index (Phi) is 5.85. The average Bonchev–Trinajstić information content (AvgIpc) is 3.27. The first-order valence-electron chi connectivity index (χ1n) is 7.41. The molecule has 0 unspecified atom stereocenters. The Morgan fingerprint density at radius 2 is 1.82 bits per heavy atom. The summed E-state index contributed by atoms with van der Waals surface area (Å²) in [7, 11) is 1.58. The van der Waals surface area contributed by atoms with E-state index in [1.165, 1.54) is 9.80 Å². The lowest BCUT2D eigenvalue weighted by Gasteiger charge is -2.37. The molecule has 0 spiro atoms. The van der Waals surface area contributed by atoms with Crippen LogP contribution < -0.4 is 0 Å². The Balaban J connectivity index is 2.77. The quantitative estimate of drug-likeness (QED) is 0.678. The highest BCUT2D eigenvalue weighted by Gasteiger charge is 2.33. The number of halogens is 2. The SMILES string of the molecule is C=C(F)C(=O)N(CC)C(C)(C)CC=C(F)C(=O)N(C)C1CC1. The smallest absolute Gasteiger partial charge is 0.282 e. The normalized spacial score (nSPS) is 15.5. The van der Waals surface area contributed by atoms with Crippen LogP contribution in [0.4, 0.5) is 8.78 Å². The second kappa shape index (κ2) is 7.03. The van der Waals surface area contributed by atoms with Gasteiger partial charge >= 0.3 is 0 Å². The number of hydrogen-bond donors (Lipinski definition) is 0. The third-order valence-corrected chi connectivity index (χ3v) is 3.92. The van der Waals surface area contributed by atoms with Gasteiger partial charge in [0.1, 0.15) is 0 Å². The van der Waals surface area contributed by atoms with Crippen molar-refractivity contribution in [1.82, 2.24) is 9.80 Å². The highest BCUT2D eigenvalue weighted by Crippen LogP contribution is 2.27. The van der Waals surface area contributed by atoms with E-state index in [1.807, 2.05) is 0 Å². The van der Waals surface area contributed by atoms with Crippen LogP contribution in [0.2, 0.25) is 0 Å². The third kappa shape index (κ3) is 4.39. The van der Waals surface area contributed by atoms with Gasteiger partial charge in [0.25, 0.3) is 11.8 Å². The Labute approximate surface area is 130 Å². The molecule has 6 heteroatoms. The van der Waals surface area contributed by atoms with Crippen molar-refractivity contribution in [2.24, 2.45) is 0 Å². The predicted octanol–water partition coefficient (Wildman–Crippen LogP) is 2.96. The molecule has 0 radical (unpaired) electrons. The fraction of sp³-hybridized carbons (Fsp3) is 0.625. The van der Waals surface area contributed by atoms with Crippen LogP contribution in [-0.2, 0) is 9.59 Å². The number of carbonyl (C=O) groups is 2. The van der Waals surface area contributed by atoms with Gasteiger partial charge in [0, 0.05) is 25.2 Å². The molecular formula is C16H24F2N2O2. The van der Waals surface area contributed by atoms with Gasteiger partial charge in [0.2, 0.25) is 0 Å². The molecule has 0 bridgehead atoms. The summed E-state index contributed by atoms with van der Waals surface area (Å²) in [6.45, 7) is 8.35. The zero-order chi connectivity index (χ0) is 17.1. The van der Waals surface area contributed by atoms with Crippen LogP contribution in [0.5, 0.6) is 0 Å². The van der Waals surface area contributed by atoms with Crippen molar-refractivity contribution in [3.8, 4) is 0 Å². The summed E-state index contributed by atoms with van der Waals surface area (Å²) in [4.78, 5) is 26.3. The predicted molar refractivity (Wildman–Crippen MR) is 81.3 cm³/mol. The summed E-state index contributed by atoms with van der Waals surface area (Å²) in [5, 5.41) is 0. The number of carbonyl (C=O) groups excluding carboxylic acids is 2. The van der Waals surface area contributed by atoms with Gasteiger partial charge in [-0.15, -0.1) is 0 Å². The van der Waals surface area contributed by atoms with E-state index in [1.54, 1.807) is 27.8 Å². The maximum absolute atomic E-state index is 14.0. The Morgan fingerprint density at radius 1 is 1.27 bits per heavy atom. The van der Waals surface area contributed by atoms with Crippen molar-refractivity contribution in [2.45, 2.75) is 51.6 Å². The van der Waals surface area contributed by atoms with E-state index in [9.17, 15) is 18.4 Å². The molecule has 0 heterocycles. The molecular weight excluding hydrogens is 290 g/mol. The van der Waals surface area contributed by atoms with Gasteiger partial charge in [-0.1, -0.05) is 6.58 Å². The molecule has 0 N–H and O–H groups in total. The number of nitrogens with zero attached hydrogens (tertiary/aromatic N) is 2. The van der Waals surface area contributed by atoms with E-state index in [2.05, 4.69) is 6.58 Å². The second-order valence-corrected chi connectivity index (χ2v) is 6.17. The molecule has 1 saturated carbocycles. The number of hydrogen-bond acceptors (Lipinski definition) is 2. The van der Waals surface area contributed by atoms with Crippen LogP contribution in [0.25, 0.3) is 0 Å². The molecule has 0 aliphatic heterocycles. The first-order valence-corrected chi connectivity index (χ1v) is 7.41. The number of likely N-dealkylation sites (N-methyl/N-ethyl adjacent to an activating group) is 2. The lowest BCUT2D eigenvalue weighted by molar-refractivity contribution is -0.133. The second-order valence-electron chi connectivity index (χ2n) is 6.17. The van der Waals surface area contributed by atoms with Crippen LogP contribution in [0, 0.1) is 0 Å². The van der Waals surface area contributed by atoms with Gasteiger partial charge in [0.15, 0.2) is 11.7 Å². The minimum Gasteiger partial charge on any atom is -0.337 e. The van der Waals surface area contributed by atoms with Crippen molar-refractivity contribution in [2.75, 3.05) is 13.6 Å². The van der Waals surface area contributed by atoms with Gasteiger partial charge in [-0.3, -0.25) is 9.59 Å². The van der Waals surface area contributed by atoms with E-state index in [0.29, 0.717) is 0 Å². The summed E-state index contributed by atoms with van der Waals surface area (Å²) in [5.41, 5.74) is -0.823. The van der Waals surface area contributed by atoms with E-state index in [-0.39, 0.29) is 19.0 Å². The van der Waals surface area contributed by atoms with Gasteiger partial charge in [-0.2, -0.15) is 0 Å². The zero-order valence-electron chi connectivity index (χ0n) is 13.7. The molecule has 1 fully saturated rings. The largest absolute Gasteiger partial charge is 0.337 e. The Morgan fingerprint density at radius 3 is 2.23 bits per heavy atom. The highest BCUT2D eigenvalue weighted by atomic mass is 19.1. The summed E-state index contributed by atoms with van der Waals surface area (Å²) in [5.74, 6) is -3.36. The highest BCUT2D eigenvalue weighted by molar-refractivity contribution is 5.92. The first-order chi connectivity index (χ1) is 10.1. The lowest BCUT2D eigenvalue weighted by Crippen LogP contribution is -2.47. The zero-order valence-corrected chi connectivity index (χ0v) is 13.7. The molecule has 0 saturated heterocycles. The van der Waals surface area contributed by atoms with Crippen molar-refractivity contribution in [3.05, 3.63) is 24.3 Å². The first kappa shape index (κ1) is 18.3. The van der Waals surface area contributed by atoms with Gasteiger partial charge in [-0.05, 0) is 46.1 Å². The maximum atomic E-state index is 14.0. The molecule has 0 atom stereocenters. The summed E-state index contributed by atoms with van der Waals surface area (Å²) in [6.07, 6.45) is 3.07.